The molecule has 9 aromatic rings. The molecule has 0 bridgehead atoms. The minimum Gasteiger partial charge on any atom is -0.309 e. The van der Waals surface area contributed by atoms with Crippen LogP contribution in [-0.4, -0.2) is 15.0 Å². The van der Waals surface area contributed by atoms with Crippen LogP contribution in [0.1, 0.15) is 0 Å². The van der Waals surface area contributed by atoms with E-state index in [1.54, 1.807) is 0 Å². The highest BCUT2D eigenvalue weighted by molar-refractivity contribution is 7.85. The Labute approximate surface area is 302 Å². The summed E-state index contributed by atoms with van der Waals surface area (Å²) in [5.74, 6) is 1.83. The van der Waals surface area contributed by atoms with Gasteiger partial charge >= 0.3 is 0 Å². The van der Waals surface area contributed by atoms with Crippen molar-refractivity contribution >= 4 is 44.6 Å². The van der Waals surface area contributed by atoms with Gasteiger partial charge in [0.05, 0.1) is 0 Å². The van der Waals surface area contributed by atoms with Crippen LogP contribution in [0.2, 0.25) is 0 Å². The Hall–Kier alpha value is -6.48. The van der Waals surface area contributed by atoms with Crippen molar-refractivity contribution in [1.29, 1.82) is 0 Å². The van der Waals surface area contributed by atoms with E-state index < -0.39 is 7.14 Å². The van der Waals surface area contributed by atoms with Crippen molar-refractivity contribution in [3.8, 4) is 45.3 Å². The number of aromatic nitrogens is 3. The maximum Gasteiger partial charge on any atom is 0.171 e. The topological polar surface area (TPSA) is 55.7 Å². The average Bonchev–Trinajstić information content (AvgIpc) is 3.23. The second kappa shape index (κ2) is 13.3. The lowest BCUT2D eigenvalue weighted by Gasteiger charge is -2.20. The van der Waals surface area contributed by atoms with Crippen molar-refractivity contribution in [3.05, 3.63) is 194 Å². The van der Waals surface area contributed by atoms with Crippen LogP contribution in [0, 0.1) is 0 Å². The van der Waals surface area contributed by atoms with Crippen molar-refractivity contribution in [2.45, 2.75) is 0 Å². The van der Waals surface area contributed by atoms with Crippen molar-refractivity contribution in [2.75, 3.05) is 0 Å². The first kappa shape index (κ1) is 31.5. The molecule has 4 nitrogen and oxygen atoms in total. The molecule has 8 aromatic carbocycles. The van der Waals surface area contributed by atoms with E-state index in [2.05, 4.69) is 97.1 Å². The molecule has 0 amide bonds. The molecule has 5 heteroatoms. The lowest BCUT2D eigenvalue weighted by molar-refractivity contribution is 0.592. The SMILES string of the molecule is O=P(c1ccccc1)(c1ccccc1)c1cccc(-c2ccc(-c3nc(-c4ccc5ccccc5c4)nc(-c4ccc5ccccc5c4)n3)cc2)c1. The second-order valence-corrected chi connectivity index (χ2v) is 15.6. The van der Waals surface area contributed by atoms with Gasteiger partial charge in [-0.1, -0.05) is 176 Å². The van der Waals surface area contributed by atoms with Crippen LogP contribution in [0.25, 0.3) is 66.8 Å². The van der Waals surface area contributed by atoms with E-state index in [9.17, 15) is 0 Å². The molecular weight excluding hydrogens is 654 g/mol. The van der Waals surface area contributed by atoms with Gasteiger partial charge in [0.15, 0.2) is 24.6 Å². The number of hydrogen-bond donors (Lipinski definition) is 0. The van der Waals surface area contributed by atoms with Crippen LogP contribution in [0.4, 0.5) is 0 Å². The van der Waals surface area contributed by atoms with E-state index in [0.29, 0.717) is 17.5 Å². The summed E-state index contributed by atoms with van der Waals surface area (Å²) in [6.45, 7) is 0. The van der Waals surface area contributed by atoms with E-state index in [4.69, 9.17) is 15.0 Å². The predicted octanol–water partition coefficient (Wildman–Crippen LogP) is 10.5. The summed E-state index contributed by atoms with van der Waals surface area (Å²) < 4.78 is 15.1. The fourth-order valence-electron chi connectivity index (χ4n) is 6.84. The lowest BCUT2D eigenvalue weighted by atomic mass is 10.0. The number of fused-ring (bicyclic) bond motifs is 2. The first-order chi connectivity index (χ1) is 25.6. The Morgan fingerprint density at radius 1 is 0.288 bits per heavy atom. The molecule has 246 valence electrons. The average molecular weight is 686 g/mol. The molecule has 0 spiro atoms. The van der Waals surface area contributed by atoms with Crippen LogP contribution in [0.3, 0.4) is 0 Å². The Morgan fingerprint density at radius 2 is 0.692 bits per heavy atom. The maximum absolute atomic E-state index is 15.1. The molecule has 9 rings (SSSR count). The second-order valence-electron chi connectivity index (χ2n) is 12.8. The normalized spacial score (nSPS) is 11.5. The summed E-state index contributed by atoms with van der Waals surface area (Å²) in [6, 6.07) is 65.2. The molecular formula is C47H32N3OP. The number of benzene rings is 8. The van der Waals surface area contributed by atoms with Gasteiger partial charge in [-0.2, -0.15) is 0 Å². The molecule has 1 aromatic heterocycles. The third-order valence-electron chi connectivity index (χ3n) is 9.58. The van der Waals surface area contributed by atoms with E-state index in [-0.39, 0.29) is 0 Å². The zero-order valence-corrected chi connectivity index (χ0v) is 29.1. The molecule has 0 N–H and O–H groups in total. The van der Waals surface area contributed by atoms with Crippen molar-refractivity contribution in [1.82, 2.24) is 15.0 Å². The van der Waals surface area contributed by atoms with Crippen LogP contribution >= 0.6 is 7.14 Å². The van der Waals surface area contributed by atoms with Gasteiger partial charge in [-0.15, -0.1) is 0 Å². The van der Waals surface area contributed by atoms with Crippen molar-refractivity contribution in [3.63, 3.8) is 0 Å². The number of rotatable bonds is 7. The van der Waals surface area contributed by atoms with Gasteiger partial charge in [0.2, 0.25) is 0 Å². The number of nitrogens with zero attached hydrogens (tertiary/aromatic N) is 3. The zero-order chi connectivity index (χ0) is 34.9. The van der Waals surface area contributed by atoms with E-state index in [1.165, 1.54) is 10.8 Å². The zero-order valence-electron chi connectivity index (χ0n) is 28.2. The highest BCUT2D eigenvalue weighted by Gasteiger charge is 2.29. The largest absolute Gasteiger partial charge is 0.309 e. The Kier molecular flexibility index (Phi) is 8.08. The first-order valence-corrected chi connectivity index (χ1v) is 19.0. The molecule has 0 unspecified atom stereocenters. The lowest BCUT2D eigenvalue weighted by Crippen LogP contribution is -2.25. The third-order valence-corrected chi connectivity index (χ3v) is 12.6. The van der Waals surface area contributed by atoms with Crippen LogP contribution in [0.5, 0.6) is 0 Å². The standard InChI is InChI=1S/C47H32N3OP/c51-52(42-17-3-1-4-18-42,43-19-5-2-6-20-43)44-21-11-16-39(32-44)35-22-26-36(27-23-35)45-48-46(40-28-24-33-12-7-9-14-37(33)30-40)50-47(49-45)41-29-25-34-13-8-10-15-38(34)31-41/h1-32H. The molecule has 0 radical (unpaired) electrons. The fraction of sp³-hybridized carbons (Fsp3) is 0. The minimum absolute atomic E-state index is 0.597. The summed E-state index contributed by atoms with van der Waals surface area (Å²) >= 11 is 0. The summed E-state index contributed by atoms with van der Waals surface area (Å²) in [7, 11) is -3.11. The molecule has 0 aliphatic rings. The predicted molar refractivity (Wildman–Crippen MR) is 216 cm³/mol. The molecule has 0 aliphatic carbocycles. The smallest absolute Gasteiger partial charge is 0.171 e. The van der Waals surface area contributed by atoms with Gasteiger partial charge in [-0.05, 0) is 50.9 Å². The Balaban J connectivity index is 1.12. The summed E-state index contributed by atoms with van der Waals surface area (Å²) in [4.78, 5) is 15.1. The van der Waals surface area contributed by atoms with Crippen LogP contribution < -0.4 is 15.9 Å². The van der Waals surface area contributed by atoms with Crippen LogP contribution in [0.15, 0.2) is 194 Å². The van der Waals surface area contributed by atoms with Crippen LogP contribution in [-0.2, 0) is 4.57 Å². The first-order valence-electron chi connectivity index (χ1n) is 17.3. The Morgan fingerprint density at radius 3 is 1.21 bits per heavy atom. The summed E-state index contributed by atoms with van der Waals surface area (Å²) in [5, 5.41) is 7.01. The summed E-state index contributed by atoms with van der Waals surface area (Å²) in [6.07, 6.45) is 0. The van der Waals surface area contributed by atoms with E-state index >= 15 is 4.57 Å². The van der Waals surface area contributed by atoms with Gasteiger partial charge < -0.3 is 4.57 Å². The maximum atomic E-state index is 15.1. The third kappa shape index (κ3) is 5.90. The molecule has 0 fully saturated rings. The highest BCUT2D eigenvalue weighted by Crippen LogP contribution is 2.43. The molecule has 52 heavy (non-hydrogen) atoms. The quantitative estimate of drug-likeness (QED) is 0.157. The van der Waals surface area contributed by atoms with Gasteiger partial charge in [-0.25, -0.2) is 15.0 Å². The van der Waals surface area contributed by atoms with E-state index in [0.717, 1.165) is 54.5 Å². The van der Waals surface area contributed by atoms with Gasteiger partial charge in [0, 0.05) is 32.6 Å². The minimum atomic E-state index is -3.11. The fourth-order valence-corrected chi connectivity index (χ4v) is 9.53. The van der Waals surface area contributed by atoms with Gasteiger partial charge in [0.25, 0.3) is 0 Å². The van der Waals surface area contributed by atoms with Crippen molar-refractivity contribution < 1.29 is 4.57 Å². The number of hydrogen-bond acceptors (Lipinski definition) is 4. The van der Waals surface area contributed by atoms with Gasteiger partial charge in [-0.3, -0.25) is 0 Å². The molecule has 0 atom stereocenters. The Bertz CT molecular complexity index is 2620. The monoisotopic (exact) mass is 685 g/mol. The molecule has 0 saturated heterocycles. The van der Waals surface area contributed by atoms with Crippen molar-refractivity contribution in [2.24, 2.45) is 0 Å². The van der Waals surface area contributed by atoms with Gasteiger partial charge in [0.1, 0.15) is 0 Å². The molecule has 0 aliphatic heterocycles. The van der Waals surface area contributed by atoms with E-state index in [1.807, 2.05) is 97.1 Å². The highest BCUT2D eigenvalue weighted by atomic mass is 31.2. The molecule has 0 saturated carbocycles. The summed E-state index contributed by atoms with van der Waals surface area (Å²) in [5.41, 5.74) is 4.74. The molecule has 1 heterocycles.